The molecule has 5 rings (SSSR count). The van der Waals surface area contributed by atoms with Crippen LogP contribution in [0.25, 0.3) is 36.5 Å². The standard InChI is InChI=1S/C46H60N4O6/c1-8-11-19-54-21-23-56-24-22-55-20-13-12-14-33(51)15-16-36-31(6)39-25-38-29(4)34(9-2)42(47-38)26-40-30(5)35(10-3)43(48-40)27-41-32(7)37(17-18-46(52)53)45(50-41)28-44(36)49-39/h9-10,25-28,47-50H,2-3,8,11-24H2,1,4-7H3,(H,52,53). The zero-order valence-electron chi connectivity index (χ0n) is 34.0. The minimum atomic E-state index is -0.847. The number of hydrogen-bond acceptors (Lipinski definition) is 5. The van der Waals surface area contributed by atoms with Gasteiger partial charge in [-0.15, -0.1) is 0 Å². The van der Waals surface area contributed by atoms with E-state index in [1.54, 1.807) is 0 Å². The van der Waals surface area contributed by atoms with Crippen LogP contribution in [-0.4, -0.2) is 76.4 Å². The first-order valence-electron chi connectivity index (χ1n) is 20.0. The number of H-pyrrole nitrogens is 4. The molecule has 0 radical (unpaired) electrons. The molecule has 0 saturated carbocycles. The van der Waals surface area contributed by atoms with Crippen LogP contribution in [0.2, 0.25) is 0 Å². The predicted octanol–water partition coefficient (Wildman–Crippen LogP) is 5.69. The molecule has 1 aliphatic heterocycles. The fourth-order valence-electron chi connectivity index (χ4n) is 7.40. The summed E-state index contributed by atoms with van der Waals surface area (Å²) in [6, 6.07) is 0. The summed E-state index contributed by atoms with van der Waals surface area (Å²) in [4.78, 5) is 39.5. The normalized spacial score (nSPS) is 12.1. The van der Waals surface area contributed by atoms with E-state index in [0.717, 1.165) is 121 Å². The highest BCUT2D eigenvalue weighted by Crippen LogP contribution is 2.24. The van der Waals surface area contributed by atoms with Crippen LogP contribution in [0, 0.1) is 27.7 Å². The Bertz CT molecular complexity index is 2280. The van der Waals surface area contributed by atoms with Crippen molar-refractivity contribution in [3.05, 3.63) is 102 Å². The van der Waals surface area contributed by atoms with Gasteiger partial charge in [-0.2, -0.15) is 0 Å². The number of ketones is 1. The minimum absolute atomic E-state index is 0.00896. The molecule has 8 bridgehead atoms. The molecule has 0 unspecified atom stereocenters. The second-order valence-electron chi connectivity index (χ2n) is 14.7. The van der Waals surface area contributed by atoms with Gasteiger partial charge < -0.3 is 39.3 Å². The Kier molecular flexibility index (Phi) is 15.3. The van der Waals surface area contributed by atoms with Crippen LogP contribution in [0.1, 0.15) is 119 Å². The lowest BCUT2D eigenvalue weighted by molar-refractivity contribution is -0.137. The second-order valence-corrected chi connectivity index (χ2v) is 14.7. The number of Topliss-reactive ketones (excluding diaryl/α,β-unsaturated/α-hetero) is 1. The molecule has 10 nitrogen and oxygen atoms in total. The minimum Gasteiger partial charge on any atom is -0.481 e. The van der Waals surface area contributed by atoms with E-state index in [1.165, 1.54) is 0 Å². The van der Waals surface area contributed by atoms with E-state index in [9.17, 15) is 14.7 Å². The summed E-state index contributed by atoms with van der Waals surface area (Å²) in [5.74, 6) is -0.628. The molecular formula is C46H60N4O6. The summed E-state index contributed by atoms with van der Waals surface area (Å²) >= 11 is 0. The van der Waals surface area contributed by atoms with Crippen molar-refractivity contribution in [2.24, 2.45) is 0 Å². The summed E-state index contributed by atoms with van der Waals surface area (Å²) in [5, 5.41) is 13.3. The first-order chi connectivity index (χ1) is 27.1. The highest BCUT2D eigenvalue weighted by molar-refractivity contribution is 5.79. The molecule has 0 aromatic carbocycles. The van der Waals surface area contributed by atoms with Gasteiger partial charge in [0.2, 0.25) is 0 Å². The van der Waals surface area contributed by atoms with Crippen LogP contribution < -0.4 is 21.4 Å². The van der Waals surface area contributed by atoms with E-state index in [2.05, 4.69) is 85.1 Å². The van der Waals surface area contributed by atoms with Crippen molar-refractivity contribution in [2.75, 3.05) is 39.6 Å². The lowest BCUT2D eigenvalue weighted by Crippen LogP contribution is -2.14. The van der Waals surface area contributed by atoms with Crippen LogP contribution in [0.15, 0.2) is 13.2 Å². The lowest BCUT2D eigenvalue weighted by Gasteiger charge is -2.07. The number of aliphatic carboxylic acids is 1. The Morgan fingerprint density at radius 1 is 0.571 bits per heavy atom. The molecule has 300 valence electrons. The maximum Gasteiger partial charge on any atom is 0.303 e. The number of carbonyl (C=O) groups excluding carboxylic acids is 1. The molecule has 56 heavy (non-hydrogen) atoms. The number of rotatable bonds is 22. The van der Waals surface area contributed by atoms with Crippen LogP contribution in [0.3, 0.4) is 0 Å². The monoisotopic (exact) mass is 764 g/mol. The molecule has 5 heterocycles. The Balaban J connectivity index is 1.41. The number of fused-ring (bicyclic) bond motifs is 8. The van der Waals surface area contributed by atoms with E-state index in [0.29, 0.717) is 58.7 Å². The van der Waals surface area contributed by atoms with Gasteiger partial charge in [-0.1, -0.05) is 38.7 Å². The van der Waals surface area contributed by atoms with Gasteiger partial charge in [0, 0.05) is 87.8 Å². The summed E-state index contributed by atoms with van der Waals surface area (Å²) < 4.78 is 16.8. The smallest absolute Gasteiger partial charge is 0.303 e. The molecule has 0 saturated heterocycles. The number of unbranched alkanes of at least 4 members (excludes halogenated alkanes) is 2. The Morgan fingerprint density at radius 2 is 1.12 bits per heavy atom. The largest absolute Gasteiger partial charge is 0.481 e. The SMILES string of the molecule is C=Cc1c2[nH]c(c1C)C=c1[nH]c(c(C)c1C=C)=Cc1[nH]c(c(CCC(=O)CCCCOCCOCCOCCCC)c1C)C=c1[nH]c(c(C)c1CCC(=O)O)=C2. The third-order valence-electron chi connectivity index (χ3n) is 10.8. The van der Waals surface area contributed by atoms with E-state index in [4.69, 9.17) is 14.2 Å². The van der Waals surface area contributed by atoms with Crippen molar-refractivity contribution in [1.29, 1.82) is 0 Å². The van der Waals surface area contributed by atoms with Gasteiger partial charge >= 0.3 is 5.97 Å². The molecule has 10 heteroatoms. The second kappa shape index (κ2) is 20.3. The van der Waals surface area contributed by atoms with Gasteiger partial charge in [0.15, 0.2) is 0 Å². The molecule has 0 spiro atoms. The number of ether oxygens (including phenoxy) is 3. The van der Waals surface area contributed by atoms with E-state index < -0.39 is 5.97 Å². The fourth-order valence-corrected chi connectivity index (χ4v) is 7.40. The summed E-state index contributed by atoms with van der Waals surface area (Å²) in [6.45, 7) is 22.3. The van der Waals surface area contributed by atoms with Crippen LogP contribution in [-0.2, 0) is 36.6 Å². The van der Waals surface area contributed by atoms with Gasteiger partial charge in [-0.25, -0.2) is 0 Å². The highest BCUT2D eigenvalue weighted by Gasteiger charge is 2.17. The van der Waals surface area contributed by atoms with Crippen molar-refractivity contribution in [1.82, 2.24) is 19.9 Å². The molecule has 1 aliphatic rings. The Hall–Kier alpha value is -4.90. The molecule has 0 amide bonds. The molecule has 4 aromatic heterocycles. The molecule has 5 N–H and O–H groups in total. The van der Waals surface area contributed by atoms with Gasteiger partial charge in [0.05, 0.1) is 26.4 Å². The molecule has 0 fully saturated rings. The van der Waals surface area contributed by atoms with E-state index >= 15 is 0 Å². The zero-order valence-corrected chi connectivity index (χ0v) is 34.0. The predicted molar refractivity (Wildman–Crippen MR) is 226 cm³/mol. The first kappa shape index (κ1) is 42.2. The molecule has 4 aromatic rings. The highest BCUT2D eigenvalue weighted by atomic mass is 16.5. The van der Waals surface area contributed by atoms with Crippen LogP contribution in [0.5, 0.6) is 0 Å². The maximum absolute atomic E-state index is 13.2. The summed E-state index contributed by atoms with van der Waals surface area (Å²) in [6.07, 6.45) is 17.8. The summed E-state index contributed by atoms with van der Waals surface area (Å²) in [7, 11) is 0. The maximum atomic E-state index is 13.2. The van der Waals surface area contributed by atoms with Crippen LogP contribution in [0.4, 0.5) is 0 Å². The fraction of sp³-hybridized carbons (Fsp3) is 0.435. The number of carbonyl (C=O) groups is 2. The van der Waals surface area contributed by atoms with Crippen molar-refractivity contribution >= 4 is 48.2 Å². The van der Waals surface area contributed by atoms with Crippen molar-refractivity contribution in [3.63, 3.8) is 0 Å². The molecular weight excluding hydrogens is 705 g/mol. The number of aromatic nitrogens is 4. The first-order valence-corrected chi connectivity index (χ1v) is 20.0. The van der Waals surface area contributed by atoms with Gasteiger partial charge in [-0.05, 0) is 117 Å². The Morgan fingerprint density at radius 3 is 1.80 bits per heavy atom. The number of hydrogen-bond donors (Lipinski definition) is 5. The average Bonchev–Trinajstić information content (AvgIpc) is 3.84. The zero-order chi connectivity index (χ0) is 40.2. The third-order valence-corrected chi connectivity index (χ3v) is 10.8. The lowest BCUT2D eigenvalue weighted by atomic mass is 10.00. The topological polar surface area (TPSA) is 145 Å². The number of carboxylic acids is 1. The number of carboxylic acid groups (broad SMARTS) is 1. The van der Waals surface area contributed by atoms with E-state index in [-0.39, 0.29) is 12.2 Å². The van der Waals surface area contributed by atoms with Gasteiger partial charge in [0.25, 0.3) is 0 Å². The molecule has 0 aliphatic carbocycles. The average molecular weight is 765 g/mol. The summed E-state index contributed by atoms with van der Waals surface area (Å²) in [5.41, 5.74) is 11.9. The number of nitrogens with one attached hydrogen (secondary N) is 4. The van der Waals surface area contributed by atoms with Gasteiger partial charge in [0.1, 0.15) is 5.78 Å². The molecule has 0 atom stereocenters. The van der Waals surface area contributed by atoms with Crippen molar-refractivity contribution in [3.8, 4) is 0 Å². The van der Waals surface area contributed by atoms with Crippen LogP contribution >= 0.6 is 0 Å². The Labute approximate surface area is 330 Å². The van der Waals surface area contributed by atoms with Crippen molar-refractivity contribution in [2.45, 2.75) is 92.4 Å². The van der Waals surface area contributed by atoms with Crippen molar-refractivity contribution < 1.29 is 28.9 Å². The third kappa shape index (κ3) is 10.5. The van der Waals surface area contributed by atoms with E-state index in [1.807, 2.05) is 19.1 Å². The van der Waals surface area contributed by atoms with Gasteiger partial charge in [-0.3, -0.25) is 9.59 Å². The quantitative estimate of drug-likeness (QED) is 0.0574. The number of aromatic amines is 4.